The molecule has 1 aliphatic carbocycles. The fraction of sp³-hybridized carbons (Fsp3) is 0.500. The third-order valence-corrected chi connectivity index (χ3v) is 3.89. The number of halogens is 2. The summed E-state index contributed by atoms with van der Waals surface area (Å²) in [7, 11) is 0. The highest BCUT2D eigenvalue weighted by Crippen LogP contribution is 2.53. The summed E-state index contributed by atoms with van der Waals surface area (Å²) in [6.07, 6.45) is 1.89. The molecule has 1 aromatic carbocycles. The molecule has 0 aromatic heterocycles. The van der Waals surface area contributed by atoms with Crippen LogP contribution >= 0.6 is 0 Å². The van der Waals surface area contributed by atoms with Crippen molar-refractivity contribution in [3.63, 3.8) is 0 Å². The van der Waals surface area contributed by atoms with E-state index in [-0.39, 0.29) is 5.78 Å². The molecule has 0 atom stereocenters. The molecule has 1 fully saturated rings. The molecule has 0 spiro atoms. The predicted octanol–water partition coefficient (Wildman–Crippen LogP) is 3.97. The minimum absolute atomic E-state index is 0.0394. The van der Waals surface area contributed by atoms with E-state index in [4.69, 9.17) is 0 Å². The Balaban J connectivity index is 2.36. The van der Waals surface area contributed by atoms with Gasteiger partial charge in [0.25, 0.3) is 5.92 Å². The van der Waals surface area contributed by atoms with Crippen molar-refractivity contribution in [3.05, 3.63) is 35.4 Å². The van der Waals surface area contributed by atoms with E-state index in [1.807, 2.05) is 0 Å². The second-order valence-corrected chi connectivity index (χ2v) is 4.96. The Bertz CT molecular complexity index is 425. The van der Waals surface area contributed by atoms with Crippen molar-refractivity contribution in [2.75, 3.05) is 0 Å². The normalized spacial score (nSPS) is 18.6. The summed E-state index contributed by atoms with van der Waals surface area (Å²) in [5.41, 5.74) is 0.214. The van der Waals surface area contributed by atoms with Crippen LogP contribution in [-0.2, 0) is 5.41 Å². The summed E-state index contributed by atoms with van der Waals surface area (Å²) in [4.78, 5) is 11.1. The van der Waals surface area contributed by atoms with Crippen molar-refractivity contribution in [1.82, 2.24) is 0 Å². The van der Waals surface area contributed by atoms with E-state index in [1.165, 1.54) is 6.92 Å². The number of rotatable bonds is 3. The summed E-state index contributed by atoms with van der Waals surface area (Å²) in [6.45, 7) is 2.47. The lowest BCUT2D eigenvalue weighted by molar-refractivity contribution is -0.0969. The molecular formula is C14H16F2O. The maximum Gasteiger partial charge on any atom is 0.254 e. The van der Waals surface area contributed by atoms with Crippen LogP contribution in [0.1, 0.15) is 49.0 Å². The number of alkyl halides is 2. The van der Waals surface area contributed by atoms with Crippen LogP contribution in [0.25, 0.3) is 0 Å². The van der Waals surface area contributed by atoms with E-state index in [2.05, 4.69) is 0 Å². The minimum Gasteiger partial charge on any atom is -0.295 e. The van der Waals surface area contributed by atoms with Crippen LogP contribution in [0.3, 0.4) is 0 Å². The van der Waals surface area contributed by atoms with Crippen LogP contribution in [0, 0.1) is 0 Å². The average molecular weight is 238 g/mol. The van der Waals surface area contributed by atoms with E-state index < -0.39 is 11.3 Å². The summed E-state index contributed by atoms with van der Waals surface area (Å²) < 4.78 is 27.4. The Kier molecular flexibility index (Phi) is 2.80. The van der Waals surface area contributed by atoms with Crippen LogP contribution in [0.15, 0.2) is 24.3 Å². The quantitative estimate of drug-likeness (QED) is 0.728. The third kappa shape index (κ3) is 1.88. The van der Waals surface area contributed by atoms with E-state index in [0.717, 1.165) is 13.3 Å². The van der Waals surface area contributed by atoms with Gasteiger partial charge in [-0.05, 0) is 25.3 Å². The largest absolute Gasteiger partial charge is 0.295 e. The Labute approximate surface area is 99.8 Å². The lowest BCUT2D eigenvalue weighted by Gasteiger charge is -2.46. The van der Waals surface area contributed by atoms with E-state index in [1.54, 1.807) is 24.3 Å². The molecule has 3 heteroatoms. The van der Waals surface area contributed by atoms with Gasteiger partial charge in [0.2, 0.25) is 0 Å². The molecule has 17 heavy (non-hydrogen) atoms. The molecule has 0 amide bonds. The highest BCUT2D eigenvalue weighted by Gasteiger charge is 2.54. The number of benzene rings is 1. The Hall–Kier alpha value is -1.25. The summed E-state index contributed by atoms with van der Waals surface area (Å²) in [6, 6.07) is 6.63. The first-order valence-corrected chi connectivity index (χ1v) is 5.86. The summed E-state index contributed by atoms with van der Waals surface area (Å²) >= 11 is 0. The molecule has 0 unspecified atom stereocenters. The maximum absolute atomic E-state index is 13.7. The monoisotopic (exact) mass is 238 g/mol. The first-order chi connectivity index (χ1) is 7.87. The second-order valence-electron chi connectivity index (χ2n) is 4.96. The summed E-state index contributed by atoms with van der Waals surface area (Å²) in [5.74, 6) is -2.74. The number of carbonyl (C=O) groups is 1. The lowest BCUT2D eigenvalue weighted by atomic mass is 9.61. The zero-order valence-corrected chi connectivity index (χ0v) is 10.1. The highest BCUT2D eigenvalue weighted by molar-refractivity contribution is 5.94. The fourth-order valence-corrected chi connectivity index (χ4v) is 2.54. The van der Waals surface area contributed by atoms with Gasteiger partial charge in [-0.15, -0.1) is 0 Å². The average Bonchev–Trinajstić information content (AvgIpc) is 2.14. The fourth-order valence-electron chi connectivity index (χ4n) is 2.54. The molecule has 0 heterocycles. The molecule has 0 bridgehead atoms. The van der Waals surface area contributed by atoms with E-state index in [9.17, 15) is 13.6 Å². The third-order valence-electron chi connectivity index (χ3n) is 3.89. The lowest BCUT2D eigenvalue weighted by Crippen LogP contribution is -2.48. The van der Waals surface area contributed by atoms with Crippen molar-refractivity contribution in [3.8, 4) is 0 Å². The standard InChI is InChI=1S/C14H16F2O/c1-10(17)11-4-6-12(7-5-11)14(8-3-9-14)13(2,15)16/h4-7H,3,8-9H2,1-2H3. The van der Waals surface area contributed by atoms with Crippen molar-refractivity contribution in [2.24, 2.45) is 0 Å². The van der Waals surface area contributed by atoms with Gasteiger partial charge in [0.15, 0.2) is 5.78 Å². The van der Waals surface area contributed by atoms with Crippen molar-refractivity contribution in [2.45, 2.75) is 44.4 Å². The Morgan fingerprint density at radius 3 is 2.06 bits per heavy atom. The molecule has 0 radical (unpaired) electrons. The SMILES string of the molecule is CC(=O)c1ccc(C2(C(C)(F)F)CCC2)cc1. The molecule has 1 aliphatic rings. The van der Waals surface area contributed by atoms with Gasteiger partial charge in [0.05, 0.1) is 5.41 Å². The van der Waals surface area contributed by atoms with Gasteiger partial charge < -0.3 is 0 Å². The molecule has 1 aromatic rings. The number of carbonyl (C=O) groups excluding carboxylic acids is 1. The van der Waals surface area contributed by atoms with E-state index >= 15 is 0 Å². The second kappa shape index (κ2) is 3.90. The number of Topliss-reactive ketones (excluding diaryl/α,β-unsaturated/α-hetero) is 1. The van der Waals surface area contributed by atoms with Crippen LogP contribution in [-0.4, -0.2) is 11.7 Å². The predicted molar refractivity (Wildman–Crippen MR) is 62.6 cm³/mol. The highest BCUT2D eigenvalue weighted by atomic mass is 19.3. The minimum atomic E-state index is -2.71. The van der Waals surface area contributed by atoms with Gasteiger partial charge in [-0.1, -0.05) is 30.7 Å². The van der Waals surface area contributed by atoms with Gasteiger partial charge in [-0.25, -0.2) is 8.78 Å². The first kappa shape index (κ1) is 12.2. The smallest absolute Gasteiger partial charge is 0.254 e. The van der Waals surface area contributed by atoms with Crippen LogP contribution < -0.4 is 0 Å². The van der Waals surface area contributed by atoms with Crippen molar-refractivity contribution >= 4 is 5.78 Å². The van der Waals surface area contributed by atoms with Crippen molar-refractivity contribution in [1.29, 1.82) is 0 Å². The van der Waals surface area contributed by atoms with Gasteiger partial charge in [0, 0.05) is 12.5 Å². The summed E-state index contributed by atoms with van der Waals surface area (Å²) in [5, 5.41) is 0. The Morgan fingerprint density at radius 1 is 1.24 bits per heavy atom. The molecule has 2 rings (SSSR count). The van der Waals surface area contributed by atoms with Gasteiger partial charge in [-0.2, -0.15) is 0 Å². The zero-order valence-electron chi connectivity index (χ0n) is 10.1. The number of hydrogen-bond acceptors (Lipinski definition) is 1. The van der Waals surface area contributed by atoms with Crippen LogP contribution in [0.2, 0.25) is 0 Å². The van der Waals surface area contributed by atoms with Gasteiger partial charge >= 0.3 is 0 Å². The topological polar surface area (TPSA) is 17.1 Å². The van der Waals surface area contributed by atoms with Crippen molar-refractivity contribution < 1.29 is 13.6 Å². The molecule has 92 valence electrons. The van der Waals surface area contributed by atoms with E-state index in [0.29, 0.717) is 24.0 Å². The molecule has 1 nitrogen and oxygen atoms in total. The zero-order chi connectivity index (χ0) is 12.7. The molecule has 0 aliphatic heterocycles. The number of hydrogen-bond donors (Lipinski definition) is 0. The molecule has 1 saturated carbocycles. The Morgan fingerprint density at radius 2 is 1.76 bits per heavy atom. The maximum atomic E-state index is 13.7. The first-order valence-electron chi connectivity index (χ1n) is 5.86. The van der Waals surface area contributed by atoms with Gasteiger partial charge in [-0.3, -0.25) is 4.79 Å². The van der Waals surface area contributed by atoms with Crippen LogP contribution in [0.4, 0.5) is 8.78 Å². The molecular weight excluding hydrogens is 222 g/mol. The van der Waals surface area contributed by atoms with Gasteiger partial charge in [0.1, 0.15) is 0 Å². The number of ketones is 1. The molecule has 0 saturated heterocycles. The molecule has 0 N–H and O–H groups in total. The van der Waals surface area contributed by atoms with Crippen LogP contribution in [0.5, 0.6) is 0 Å².